The fourth-order valence-corrected chi connectivity index (χ4v) is 2.50. The number of carbonyl (C=O) groups excluding carboxylic acids is 1. The first kappa shape index (κ1) is 16.4. The van der Waals surface area contributed by atoms with Gasteiger partial charge in [0.1, 0.15) is 0 Å². The molecule has 0 saturated carbocycles. The van der Waals surface area contributed by atoms with Gasteiger partial charge in [-0.05, 0) is 65.4 Å². The number of hydrogen-bond donors (Lipinski definition) is 2. The summed E-state index contributed by atoms with van der Waals surface area (Å²) in [7, 11) is 1.57. The van der Waals surface area contributed by atoms with Crippen LogP contribution in [0, 0.1) is 10.5 Å². The van der Waals surface area contributed by atoms with Gasteiger partial charge in [-0.25, -0.2) is 4.79 Å². The summed E-state index contributed by atoms with van der Waals surface area (Å²) in [5.74, 6) is 1.20. The van der Waals surface area contributed by atoms with E-state index in [2.05, 4.69) is 33.2 Å². The second-order valence-corrected chi connectivity index (χ2v) is 5.78. The van der Waals surface area contributed by atoms with Crippen molar-refractivity contribution in [3.63, 3.8) is 0 Å². The second kappa shape index (κ2) is 7.88. The number of benzene rings is 2. The fourth-order valence-electron chi connectivity index (χ4n) is 1.85. The average Bonchev–Trinajstić information content (AvgIpc) is 2.50. The van der Waals surface area contributed by atoms with Crippen molar-refractivity contribution in [2.75, 3.05) is 19.2 Å². The van der Waals surface area contributed by atoms with Crippen molar-refractivity contribution in [3.8, 4) is 11.5 Å². The fraction of sp³-hybridized carbons (Fsp3) is 0.188. The van der Waals surface area contributed by atoms with E-state index >= 15 is 0 Å². The van der Waals surface area contributed by atoms with Gasteiger partial charge in [0.25, 0.3) is 0 Å². The molecule has 2 aromatic carbocycles. The van der Waals surface area contributed by atoms with Gasteiger partial charge in [-0.1, -0.05) is 12.1 Å². The third-order valence-electron chi connectivity index (χ3n) is 2.97. The molecule has 2 aromatic rings. The topological polar surface area (TPSA) is 59.6 Å². The van der Waals surface area contributed by atoms with E-state index in [9.17, 15) is 4.79 Å². The van der Waals surface area contributed by atoms with Gasteiger partial charge in [0.15, 0.2) is 18.2 Å². The Bertz CT molecular complexity index is 662. The van der Waals surface area contributed by atoms with Crippen LogP contribution >= 0.6 is 22.6 Å². The Kier molecular flexibility index (Phi) is 5.88. The maximum absolute atomic E-state index is 11.9. The molecule has 0 aliphatic rings. The zero-order chi connectivity index (χ0) is 15.9. The number of para-hydroxylation sites is 2. The minimum absolute atomic E-state index is 0.0512. The molecule has 0 aromatic heterocycles. The highest BCUT2D eigenvalue weighted by atomic mass is 127. The Labute approximate surface area is 143 Å². The normalized spacial score (nSPS) is 9.95. The third-order valence-corrected chi connectivity index (χ3v) is 3.64. The maximum Gasteiger partial charge on any atom is 0.321 e. The Morgan fingerprint density at radius 3 is 2.59 bits per heavy atom. The van der Waals surface area contributed by atoms with E-state index in [4.69, 9.17) is 9.47 Å². The van der Waals surface area contributed by atoms with Crippen LogP contribution in [0.2, 0.25) is 0 Å². The summed E-state index contributed by atoms with van der Waals surface area (Å²) in [5.41, 5.74) is 1.78. The zero-order valence-corrected chi connectivity index (χ0v) is 14.5. The molecule has 2 amide bonds. The van der Waals surface area contributed by atoms with Crippen molar-refractivity contribution in [1.82, 2.24) is 5.32 Å². The van der Waals surface area contributed by atoms with Gasteiger partial charge in [0.05, 0.1) is 7.11 Å². The van der Waals surface area contributed by atoms with Crippen LogP contribution in [-0.2, 0) is 0 Å². The lowest BCUT2D eigenvalue weighted by Crippen LogP contribution is -2.32. The number of ether oxygens (including phenoxy) is 2. The number of amides is 2. The largest absolute Gasteiger partial charge is 0.493 e. The van der Waals surface area contributed by atoms with E-state index in [0.29, 0.717) is 11.5 Å². The van der Waals surface area contributed by atoms with Gasteiger partial charge >= 0.3 is 6.03 Å². The molecule has 22 heavy (non-hydrogen) atoms. The van der Waals surface area contributed by atoms with E-state index in [1.165, 1.54) is 0 Å². The number of aryl methyl sites for hydroxylation is 1. The highest BCUT2D eigenvalue weighted by Crippen LogP contribution is 2.25. The molecule has 2 N–H and O–H groups in total. The van der Waals surface area contributed by atoms with Crippen LogP contribution in [0.4, 0.5) is 10.5 Å². The maximum atomic E-state index is 11.9. The van der Waals surface area contributed by atoms with Crippen LogP contribution in [-0.4, -0.2) is 19.9 Å². The molecule has 0 saturated heterocycles. The molecule has 0 unspecified atom stereocenters. The summed E-state index contributed by atoms with van der Waals surface area (Å²) in [6.07, 6.45) is 0. The summed E-state index contributed by atoms with van der Waals surface area (Å²) in [4.78, 5) is 11.9. The molecule has 5 nitrogen and oxygen atoms in total. The van der Waals surface area contributed by atoms with Gasteiger partial charge in [-0.15, -0.1) is 0 Å². The van der Waals surface area contributed by atoms with Crippen molar-refractivity contribution in [1.29, 1.82) is 0 Å². The number of hydrogen-bond acceptors (Lipinski definition) is 3. The predicted octanol–water partition coefficient (Wildman–Crippen LogP) is 3.77. The van der Waals surface area contributed by atoms with Crippen molar-refractivity contribution < 1.29 is 14.3 Å². The molecule has 0 bridgehead atoms. The van der Waals surface area contributed by atoms with Gasteiger partial charge < -0.3 is 20.1 Å². The smallest absolute Gasteiger partial charge is 0.321 e. The molecule has 0 aliphatic heterocycles. The molecule has 2 rings (SSSR count). The molecule has 6 heteroatoms. The summed E-state index contributed by atoms with van der Waals surface area (Å²) in [6, 6.07) is 12.8. The lowest BCUT2D eigenvalue weighted by Gasteiger charge is -2.12. The molecule has 0 atom stereocenters. The van der Waals surface area contributed by atoms with Gasteiger partial charge in [0.2, 0.25) is 0 Å². The molecule has 0 spiro atoms. The van der Waals surface area contributed by atoms with Crippen molar-refractivity contribution in [3.05, 3.63) is 51.6 Å². The van der Waals surface area contributed by atoms with E-state index < -0.39 is 0 Å². The summed E-state index contributed by atoms with van der Waals surface area (Å²) in [6.45, 7) is 2.00. The van der Waals surface area contributed by atoms with Crippen molar-refractivity contribution in [2.24, 2.45) is 0 Å². The van der Waals surface area contributed by atoms with Crippen LogP contribution in [0.1, 0.15) is 5.56 Å². The van der Waals surface area contributed by atoms with Crippen molar-refractivity contribution in [2.45, 2.75) is 6.92 Å². The molecule has 0 radical (unpaired) electrons. The second-order valence-electron chi connectivity index (χ2n) is 4.53. The monoisotopic (exact) mass is 412 g/mol. The van der Waals surface area contributed by atoms with E-state index in [1.54, 1.807) is 19.2 Å². The summed E-state index contributed by atoms with van der Waals surface area (Å²) >= 11 is 2.23. The van der Waals surface area contributed by atoms with E-state index in [-0.39, 0.29) is 12.8 Å². The Morgan fingerprint density at radius 1 is 1.18 bits per heavy atom. The highest BCUT2D eigenvalue weighted by Gasteiger charge is 2.06. The minimum atomic E-state index is -0.320. The zero-order valence-electron chi connectivity index (χ0n) is 12.4. The first-order valence-electron chi connectivity index (χ1n) is 6.67. The standard InChI is InChI=1S/C16H17IN2O3/c1-11-9-12(17)7-8-13(11)19-16(20)18-10-22-15-6-4-3-5-14(15)21-2/h3-9H,10H2,1-2H3,(H2,18,19,20). The van der Waals surface area contributed by atoms with Crippen LogP contribution in [0.3, 0.4) is 0 Å². The molecule has 0 aliphatic carbocycles. The number of nitrogens with one attached hydrogen (secondary N) is 2. The summed E-state index contributed by atoms with van der Waals surface area (Å²) in [5, 5.41) is 5.43. The van der Waals surface area contributed by atoms with Gasteiger partial charge in [0, 0.05) is 9.26 Å². The lowest BCUT2D eigenvalue weighted by molar-refractivity contribution is 0.231. The number of methoxy groups -OCH3 is 1. The molecular formula is C16H17IN2O3. The van der Waals surface area contributed by atoms with Crippen LogP contribution in [0.15, 0.2) is 42.5 Å². The number of urea groups is 1. The average molecular weight is 412 g/mol. The lowest BCUT2D eigenvalue weighted by atomic mass is 10.2. The van der Waals surface area contributed by atoms with Crippen molar-refractivity contribution >= 4 is 34.3 Å². The first-order chi connectivity index (χ1) is 10.6. The minimum Gasteiger partial charge on any atom is -0.493 e. The number of carbonyl (C=O) groups is 1. The van der Waals surface area contributed by atoms with E-state index in [1.807, 2.05) is 37.3 Å². The first-order valence-corrected chi connectivity index (χ1v) is 7.75. The highest BCUT2D eigenvalue weighted by molar-refractivity contribution is 14.1. The Morgan fingerprint density at radius 2 is 1.91 bits per heavy atom. The molecule has 0 fully saturated rings. The number of rotatable bonds is 5. The quantitative estimate of drug-likeness (QED) is 0.581. The summed E-state index contributed by atoms with van der Waals surface area (Å²) < 4.78 is 11.8. The van der Waals surface area contributed by atoms with Crippen LogP contribution in [0.25, 0.3) is 0 Å². The predicted molar refractivity (Wildman–Crippen MR) is 94.5 cm³/mol. The van der Waals surface area contributed by atoms with Gasteiger partial charge in [-0.3, -0.25) is 0 Å². The molecular weight excluding hydrogens is 395 g/mol. The van der Waals surface area contributed by atoms with E-state index in [0.717, 1.165) is 14.8 Å². The SMILES string of the molecule is COc1ccccc1OCNC(=O)Nc1ccc(I)cc1C. The molecule has 116 valence electrons. The van der Waals surface area contributed by atoms with Crippen LogP contribution in [0.5, 0.6) is 11.5 Å². The number of anilines is 1. The Balaban J connectivity index is 1.85. The molecule has 0 heterocycles. The number of halogens is 1. The third kappa shape index (κ3) is 4.52. The Hall–Kier alpha value is -1.96. The van der Waals surface area contributed by atoms with Gasteiger partial charge in [-0.2, -0.15) is 0 Å². The van der Waals surface area contributed by atoms with Crippen LogP contribution < -0.4 is 20.1 Å².